The van der Waals surface area contributed by atoms with Crippen LogP contribution < -0.4 is 10.6 Å². The molecule has 0 aliphatic rings. The number of amides is 2. The van der Waals surface area contributed by atoms with Crippen molar-refractivity contribution in [3.8, 4) is 0 Å². The van der Waals surface area contributed by atoms with Crippen LogP contribution in [-0.4, -0.2) is 36.9 Å². The van der Waals surface area contributed by atoms with Gasteiger partial charge in [-0.25, -0.2) is 9.59 Å². The quantitative estimate of drug-likeness (QED) is 0.631. The van der Waals surface area contributed by atoms with Crippen LogP contribution in [0.1, 0.15) is 29.3 Å². The maximum Gasteiger partial charge on any atom is 0.335 e. The first kappa shape index (κ1) is 16.0. The van der Waals surface area contributed by atoms with Crippen LogP contribution >= 0.6 is 0 Å². The van der Waals surface area contributed by atoms with Crippen molar-refractivity contribution >= 4 is 12.0 Å². The van der Waals surface area contributed by atoms with Gasteiger partial charge in [-0.15, -0.1) is 0 Å². The molecule has 1 aromatic rings. The van der Waals surface area contributed by atoms with Gasteiger partial charge < -0.3 is 20.5 Å². The van der Waals surface area contributed by atoms with Crippen LogP contribution in [-0.2, 0) is 11.3 Å². The Kier molecular flexibility index (Phi) is 7.13. The number of carbonyl (C=O) groups is 2. The van der Waals surface area contributed by atoms with Crippen LogP contribution in [0.25, 0.3) is 0 Å². The van der Waals surface area contributed by atoms with Gasteiger partial charge in [-0.05, 0) is 31.0 Å². The lowest BCUT2D eigenvalue weighted by Gasteiger charge is -2.08. The summed E-state index contributed by atoms with van der Waals surface area (Å²) in [4.78, 5) is 22.3. The van der Waals surface area contributed by atoms with Gasteiger partial charge in [-0.2, -0.15) is 0 Å². The average Bonchev–Trinajstić information content (AvgIpc) is 2.45. The molecule has 0 bridgehead atoms. The van der Waals surface area contributed by atoms with Crippen LogP contribution in [0.5, 0.6) is 0 Å². The number of urea groups is 1. The zero-order valence-electron chi connectivity index (χ0n) is 11.5. The van der Waals surface area contributed by atoms with E-state index in [4.69, 9.17) is 9.84 Å². The van der Waals surface area contributed by atoms with Crippen LogP contribution in [0.15, 0.2) is 24.3 Å². The third-order valence-corrected chi connectivity index (χ3v) is 2.58. The predicted octanol–water partition coefficient (Wildman–Crippen LogP) is 1.61. The first-order valence-corrected chi connectivity index (χ1v) is 6.55. The SMILES string of the molecule is CCOCCCNC(=O)NCc1cccc(C(=O)O)c1. The first-order chi connectivity index (χ1) is 9.63. The van der Waals surface area contributed by atoms with E-state index < -0.39 is 5.97 Å². The molecule has 0 radical (unpaired) electrons. The van der Waals surface area contributed by atoms with Crippen molar-refractivity contribution in [2.75, 3.05) is 19.8 Å². The highest BCUT2D eigenvalue weighted by Crippen LogP contribution is 2.04. The fourth-order valence-electron chi connectivity index (χ4n) is 1.58. The Morgan fingerprint density at radius 3 is 2.80 bits per heavy atom. The van der Waals surface area contributed by atoms with Gasteiger partial charge in [0, 0.05) is 26.3 Å². The molecule has 0 saturated carbocycles. The monoisotopic (exact) mass is 280 g/mol. The summed E-state index contributed by atoms with van der Waals surface area (Å²) in [5, 5.41) is 14.2. The summed E-state index contributed by atoms with van der Waals surface area (Å²) in [5.74, 6) is -0.979. The molecule has 3 N–H and O–H groups in total. The van der Waals surface area contributed by atoms with Crippen LogP contribution in [0.4, 0.5) is 4.79 Å². The molecule has 2 amide bonds. The number of nitrogens with one attached hydrogen (secondary N) is 2. The lowest BCUT2D eigenvalue weighted by atomic mass is 10.1. The van der Waals surface area contributed by atoms with E-state index in [2.05, 4.69) is 10.6 Å². The smallest absolute Gasteiger partial charge is 0.335 e. The Hall–Kier alpha value is -2.08. The third-order valence-electron chi connectivity index (χ3n) is 2.58. The number of benzene rings is 1. The Labute approximate surface area is 118 Å². The van der Waals surface area contributed by atoms with Crippen molar-refractivity contribution in [2.24, 2.45) is 0 Å². The molecule has 0 heterocycles. The molecular weight excluding hydrogens is 260 g/mol. The minimum absolute atomic E-state index is 0.210. The maximum absolute atomic E-state index is 11.5. The lowest BCUT2D eigenvalue weighted by molar-refractivity contribution is 0.0696. The van der Waals surface area contributed by atoms with Gasteiger partial charge in [-0.3, -0.25) is 0 Å². The van der Waals surface area contributed by atoms with Crippen molar-refractivity contribution in [3.63, 3.8) is 0 Å². The molecule has 0 aliphatic carbocycles. The van der Waals surface area contributed by atoms with Gasteiger partial charge in [0.05, 0.1) is 5.56 Å². The predicted molar refractivity (Wildman–Crippen MR) is 74.7 cm³/mol. The van der Waals surface area contributed by atoms with E-state index in [9.17, 15) is 9.59 Å². The molecule has 20 heavy (non-hydrogen) atoms. The normalized spacial score (nSPS) is 10.1. The molecule has 0 unspecified atom stereocenters. The molecule has 0 spiro atoms. The van der Waals surface area contributed by atoms with E-state index >= 15 is 0 Å². The van der Waals surface area contributed by atoms with Crippen LogP contribution in [0.2, 0.25) is 0 Å². The Bertz CT molecular complexity index is 449. The summed E-state index contributed by atoms with van der Waals surface area (Å²) in [5.41, 5.74) is 0.954. The molecule has 6 heteroatoms. The largest absolute Gasteiger partial charge is 0.478 e. The number of carboxylic acids is 1. The van der Waals surface area contributed by atoms with Gasteiger partial charge >= 0.3 is 12.0 Å². The molecule has 0 saturated heterocycles. The first-order valence-electron chi connectivity index (χ1n) is 6.55. The Balaban J connectivity index is 2.27. The highest BCUT2D eigenvalue weighted by molar-refractivity contribution is 5.87. The number of rotatable bonds is 8. The zero-order valence-corrected chi connectivity index (χ0v) is 11.5. The molecule has 0 fully saturated rings. The van der Waals surface area contributed by atoms with Gasteiger partial charge in [-0.1, -0.05) is 12.1 Å². The van der Waals surface area contributed by atoms with Crippen molar-refractivity contribution in [1.82, 2.24) is 10.6 Å². The summed E-state index contributed by atoms with van der Waals surface area (Å²) in [7, 11) is 0. The van der Waals surface area contributed by atoms with E-state index in [1.165, 1.54) is 12.1 Å². The number of carboxylic acid groups (broad SMARTS) is 1. The fraction of sp³-hybridized carbons (Fsp3) is 0.429. The van der Waals surface area contributed by atoms with Crippen LogP contribution in [0, 0.1) is 0 Å². The topological polar surface area (TPSA) is 87.7 Å². The average molecular weight is 280 g/mol. The highest BCUT2D eigenvalue weighted by atomic mass is 16.5. The van der Waals surface area contributed by atoms with Crippen LogP contribution in [0.3, 0.4) is 0 Å². The molecule has 1 aromatic carbocycles. The molecule has 0 atom stereocenters. The summed E-state index contributed by atoms with van der Waals surface area (Å²) in [6, 6.07) is 6.20. The van der Waals surface area contributed by atoms with Gasteiger partial charge in [0.25, 0.3) is 0 Å². The number of carbonyl (C=O) groups excluding carboxylic acids is 1. The van der Waals surface area contributed by atoms with E-state index in [1.807, 2.05) is 6.92 Å². The second-order valence-corrected chi connectivity index (χ2v) is 4.17. The summed E-state index contributed by atoms with van der Waals surface area (Å²) in [6.45, 7) is 4.05. The number of aromatic carboxylic acids is 1. The van der Waals surface area contributed by atoms with E-state index in [0.717, 1.165) is 12.0 Å². The van der Waals surface area contributed by atoms with E-state index in [1.54, 1.807) is 12.1 Å². The molecule has 0 aliphatic heterocycles. The number of ether oxygens (including phenoxy) is 1. The van der Waals surface area contributed by atoms with Gasteiger partial charge in [0.2, 0.25) is 0 Å². The van der Waals surface area contributed by atoms with Crippen molar-refractivity contribution in [1.29, 1.82) is 0 Å². The molecule has 1 rings (SSSR count). The summed E-state index contributed by atoms with van der Waals surface area (Å²) >= 11 is 0. The Morgan fingerprint density at radius 1 is 1.30 bits per heavy atom. The summed E-state index contributed by atoms with van der Waals surface area (Å²) in [6.07, 6.45) is 0.760. The maximum atomic E-state index is 11.5. The fourth-order valence-corrected chi connectivity index (χ4v) is 1.58. The highest BCUT2D eigenvalue weighted by Gasteiger charge is 2.04. The molecule has 110 valence electrons. The van der Waals surface area contributed by atoms with Crippen molar-refractivity contribution < 1.29 is 19.4 Å². The van der Waals surface area contributed by atoms with Gasteiger partial charge in [0.15, 0.2) is 0 Å². The summed E-state index contributed by atoms with van der Waals surface area (Å²) < 4.78 is 5.15. The van der Waals surface area contributed by atoms with Gasteiger partial charge in [0.1, 0.15) is 0 Å². The van der Waals surface area contributed by atoms with E-state index in [-0.39, 0.29) is 11.6 Å². The molecule has 0 aromatic heterocycles. The molecule has 6 nitrogen and oxygen atoms in total. The minimum atomic E-state index is -0.979. The number of hydrogen-bond donors (Lipinski definition) is 3. The zero-order chi connectivity index (χ0) is 14.8. The standard InChI is InChI=1S/C14H20N2O4/c1-2-20-8-4-7-15-14(19)16-10-11-5-3-6-12(9-11)13(17)18/h3,5-6,9H,2,4,7-8,10H2,1H3,(H,17,18)(H2,15,16,19). The third kappa shape index (κ3) is 6.19. The number of hydrogen-bond acceptors (Lipinski definition) is 3. The second-order valence-electron chi connectivity index (χ2n) is 4.17. The lowest BCUT2D eigenvalue weighted by Crippen LogP contribution is -2.35. The Morgan fingerprint density at radius 2 is 2.10 bits per heavy atom. The van der Waals surface area contributed by atoms with E-state index in [0.29, 0.717) is 26.3 Å². The second kappa shape index (κ2) is 8.92. The van der Waals surface area contributed by atoms with Crippen molar-refractivity contribution in [2.45, 2.75) is 19.9 Å². The minimum Gasteiger partial charge on any atom is -0.478 e. The molecular formula is C14H20N2O4. The van der Waals surface area contributed by atoms with Crippen molar-refractivity contribution in [3.05, 3.63) is 35.4 Å².